The second-order valence-corrected chi connectivity index (χ2v) is 6.63. The third kappa shape index (κ3) is 2.16. The highest BCUT2D eigenvalue weighted by Gasteiger charge is 2.45. The van der Waals surface area contributed by atoms with E-state index in [1.165, 1.54) is 19.3 Å². The maximum atomic E-state index is 5.44. The molecule has 0 aromatic heterocycles. The topological polar surface area (TPSA) is 9.23 Å². The summed E-state index contributed by atoms with van der Waals surface area (Å²) in [6.45, 7) is 6.84. The second kappa shape index (κ2) is 4.13. The molecule has 0 aliphatic heterocycles. The first-order valence-electron chi connectivity index (χ1n) is 5.56. The molecule has 0 amide bonds. The van der Waals surface area contributed by atoms with Gasteiger partial charge in [0.05, 0.1) is 0 Å². The van der Waals surface area contributed by atoms with Crippen LogP contribution in [0.5, 0.6) is 0 Å². The van der Waals surface area contributed by atoms with E-state index in [4.69, 9.17) is 17.3 Å². The summed E-state index contributed by atoms with van der Waals surface area (Å²) in [4.78, 5) is 0. The van der Waals surface area contributed by atoms with Crippen molar-refractivity contribution in [3.63, 3.8) is 0 Å². The monoisotopic (exact) mass is 212 g/mol. The zero-order valence-corrected chi connectivity index (χ0v) is 11.0. The molecule has 1 nitrogen and oxygen atoms in total. The fourth-order valence-electron chi connectivity index (χ4n) is 2.60. The van der Waals surface area contributed by atoms with Gasteiger partial charge in [-0.2, -0.15) is 12.6 Å². The third-order valence-corrected chi connectivity index (χ3v) is 4.93. The lowest BCUT2D eigenvalue weighted by molar-refractivity contribution is 0.0787. The molecule has 1 aliphatic carbocycles. The van der Waals surface area contributed by atoms with Crippen LogP contribution in [-0.2, 0) is 4.65 Å². The summed E-state index contributed by atoms with van der Waals surface area (Å²) in [6.07, 6.45) is 4.05. The average Bonchev–Trinajstić information content (AvgIpc) is 2.08. The molecule has 0 N–H and O–H groups in total. The quantitative estimate of drug-likeness (QED) is 0.535. The average molecular weight is 212 g/mol. The summed E-state index contributed by atoms with van der Waals surface area (Å²) in [6, 6.07) is 0. The van der Waals surface area contributed by atoms with Crippen LogP contribution in [0.2, 0.25) is 5.82 Å². The Kier molecular flexibility index (Phi) is 3.69. The Morgan fingerprint density at radius 1 is 1.50 bits per heavy atom. The fraction of sp³-hybridized carbons (Fsp3) is 1.00. The molecule has 1 fully saturated rings. The summed E-state index contributed by atoms with van der Waals surface area (Å²) in [7, 11) is 4.16. The van der Waals surface area contributed by atoms with Crippen molar-refractivity contribution in [2.24, 2.45) is 5.41 Å². The summed E-state index contributed by atoms with van der Waals surface area (Å²) >= 11 is 4.76. The van der Waals surface area contributed by atoms with E-state index in [1.807, 2.05) is 8.05 Å². The van der Waals surface area contributed by atoms with Crippen LogP contribution in [0.15, 0.2) is 0 Å². The van der Waals surface area contributed by atoms with Crippen molar-refractivity contribution < 1.29 is 4.65 Å². The van der Waals surface area contributed by atoms with Crippen molar-refractivity contribution in [3.05, 3.63) is 0 Å². The Morgan fingerprint density at radius 2 is 2.07 bits per heavy atom. The van der Waals surface area contributed by atoms with Crippen LogP contribution in [0.4, 0.5) is 0 Å². The van der Waals surface area contributed by atoms with Crippen LogP contribution in [-0.4, -0.2) is 26.7 Å². The Morgan fingerprint density at radius 3 is 2.43 bits per heavy atom. The van der Waals surface area contributed by atoms with E-state index in [1.54, 1.807) is 0 Å². The van der Waals surface area contributed by atoms with E-state index >= 15 is 0 Å². The van der Waals surface area contributed by atoms with Gasteiger partial charge in [-0.05, 0) is 24.7 Å². The number of rotatable bonds is 2. The molecule has 1 rings (SSSR count). The Balaban J connectivity index is 2.74. The van der Waals surface area contributed by atoms with E-state index in [-0.39, 0.29) is 4.75 Å². The normalized spacial score (nSPS) is 39.7. The van der Waals surface area contributed by atoms with Crippen molar-refractivity contribution >= 4 is 28.5 Å². The molecule has 0 spiro atoms. The molecule has 0 saturated heterocycles. The van der Waals surface area contributed by atoms with Gasteiger partial charge in [0.15, 0.2) is 0 Å². The van der Waals surface area contributed by atoms with Crippen LogP contribution in [0.1, 0.15) is 40.0 Å². The van der Waals surface area contributed by atoms with E-state index in [2.05, 4.69) is 28.6 Å². The first-order valence-corrected chi connectivity index (χ1v) is 6.01. The van der Waals surface area contributed by atoms with E-state index < -0.39 is 0 Å². The molecule has 80 valence electrons. The maximum Gasteiger partial charge on any atom is 0.257 e. The molecular formula is C10H22B2OS. The molecule has 3 atom stereocenters. The van der Waals surface area contributed by atoms with Gasteiger partial charge < -0.3 is 4.65 Å². The van der Waals surface area contributed by atoms with E-state index in [0.29, 0.717) is 17.3 Å². The van der Waals surface area contributed by atoms with Gasteiger partial charge in [0, 0.05) is 10.9 Å². The van der Waals surface area contributed by atoms with Crippen LogP contribution in [0.3, 0.4) is 0 Å². The minimum atomic E-state index is 0.102. The zero-order valence-electron chi connectivity index (χ0n) is 10.1. The molecule has 0 aromatic carbocycles. The minimum Gasteiger partial charge on any atom is -0.441 e. The van der Waals surface area contributed by atoms with Crippen LogP contribution >= 0.6 is 12.6 Å². The second-order valence-electron chi connectivity index (χ2n) is 5.51. The Bertz CT molecular complexity index is 205. The van der Waals surface area contributed by atoms with Crippen molar-refractivity contribution in [1.29, 1.82) is 0 Å². The summed E-state index contributed by atoms with van der Waals surface area (Å²) in [5.74, 6) is 0.689. The minimum absolute atomic E-state index is 0.102. The van der Waals surface area contributed by atoms with Gasteiger partial charge in [-0.15, -0.1) is 0 Å². The van der Waals surface area contributed by atoms with Gasteiger partial charge >= 0.3 is 0 Å². The molecule has 0 radical (unpaired) electrons. The van der Waals surface area contributed by atoms with Gasteiger partial charge in [-0.3, -0.25) is 0 Å². The molecule has 0 bridgehead atoms. The summed E-state index contributed by atoms with van der Waals surface area (Å²) < 4.78 is 5.54. The third-order valence-electron chi connectivity index (χ3n) is 4.42. The first-order chi connectivity index (χ1) is 6.31. The highest BCUT2D eigenvalue weighted by atomic mass is 32.1. The van der Waals surface area contributed by atoms with Crippen molar-refractivity contribution in [3.8, 4) is 0 Å². The largest absolute Gasteiger partial charge is 0.441 e. The highest BCUT2D eigenvalue weighted by Crippen LogP contribution is 2.53. The molecule has 4 heteroatoms. The highest BCUT2D eigenvalue weighted by molar-refractivity contribution is 7.81. The summed E-state index contributed by atoms with van der Waals surface area (Å²) in [5.41, 5.74) is 0.338. The lowest BCUT2D eigenvalue weighted by Crippen LogP contribution is -2.45. The standard InChI is InChI=1S/C10H22B2OS/c1-9(2,14)10(3)5-4-7(13-12)6-8(10)11/h7-8,14H,4-6,11-12H2,1-3H3. The molecule has 0 heterocycles. The Labute approximate surface area is 95.6 Å². The van der Waals surface area contributed by atoms with Crippen LogP contribution in [0, 0.1) is 5.41 Å². The number of hydrogen-bond donors (Lipinski definition) is 1. The van der Waals surface area contributed by atoms with Crippen molar-refractivity contribution in [2.45, 2.75) is 56.7 Å². The van der Waals surface area contributed by atoms with Crippen molar-refractivity contribution in [1.82, 2.24) is 0 Å². The van der Waals surface area contributed by atoms with Crippen LogP contribution < -0.4 is 0 Å². The molecule has 1 aliphatic rings. The van der Waals surface area contributed by atoms with Gasteiger partial charge in [-0.1, -0.05) is 26.6 Å². The lowest BCUT2D eigenvalue weighted by atomic mass is 9.54. The van der Waals surface area contributed by atoms with Gasteiger partial charge in [-0.25, -0.2) is 0 Å². The van der Waals surface area contributed by atoms with Crippen LogP contribution in [0.25, 0.3) is 0 Å². The first kappa shape index (κ1) is 12.5. The van der Waals surface area contributed by atoms with E-state index in [0.717, 1.165) is 0 Å². The van der Waals surface area contributed by atoms with E-state index in [9.17, 15) is 0 Å². The molecule has 14 heavy (non-hydrogen) atoms. The fourth-order valence-corrected chi connectivity index (χ4v) is 2.93. The van der Waals surface area contributed by atoms with Crippen molar-refractivity contribution in [2.75, 3.05) is 0 Å². The molecule has 3 unspecified atom stereocenters. The molecule has 1 saturated carbocycles. The van der Waals surface area contributed by atoms with Gasteiger partial charge in [0.2, 0.25) is 0 Å². The van der Waals surface area contributed by atoms with Gasteiger partial charge in [0.25, 0.3) is 8.05 Å². The predicted octanol–water partition coefficient (Wildman–Crippen LogP) is 1.24. The lowest BCUT2D eigenvalue weighted by Gasteiger charge is -2.50. The maximum absolute atomic E-state index is 5.44. The smallest absolute Gasteiger partial charge is 0.257 e. The molecular weight excluding hydrogens is 190 g/mol. The number of hydrogen-bond acceptors (Lipinski definition) is 2. The summed E-state index contributed by atoms with van der Waals surface area (Å²) in [5, 5.41) is 0. The SMILES string of the molecule is BOC1CCC(C)(C(C)(C)S)C(B)C1. The number of thiol groups is 1. The molecule has 0 aromatic rings. The predicted molar refractivity (Wildman–Crippen MR) is 70.7 cm³/mol. The van der Waals surface area contributed by atoms with Gasteiger partial charge in [0.1, 0.15) is 7.85 Å². The zero-order chi connectivity index (χ0) is 11.0. The Hall–Kier alpha value is 0.440.